The fourth-order valence-corrected chi connectivity index (χ4v) is 1.14. The van der Waals surface area contributed by atoms with Crippen molar-refractivity contribution in [1.29, 1.82) is 0 Å². The van der Waals surface area contributed by atoms with Gasteiger partial charge in [0.15, 0.2) is 5.72 Å². The number of ketones is 1. The lowest BCUT2D eigenvalue weighted by Crippen LogP contribution is -2.24. The lowest BCUT2D eigenvalue weighted by molar-refractivity contribution is -0.117. The molecule has 0 aromatic carbocycles. The quantitative estimate of drug-likeness (QED) is 0.662. The largest absolute Gasteiger partial charge is 0.368 e. The maximum absolute atomic E-state index is 10.7. The van der Waals surface area contributed by atoms with E-state index in [4.69, 9.17) is 0 Å². The fraction of sp³-hybridized carbons (Fsp3) is 0.909. The average Bonchev–Trinajstić information content (AvgIpc) is 2.14. The van der Waals surface area contributed by atoms with Gasteiger partial charge < -0.3 is 9.90 Å². The molecule has 0 bridgehead atoms. The van der Waals surface area contributed by atoms with Gasteiger partial charge in [-0.3, -0.25) is 0 Å². The van der Waals surface area contributed by atoms with Crippen LogP contribution in [-0.2, 0) is 4.79 Å². The van der Waals surface area contributed by atoms with Crippen molar-refractivity contribution in [1.82, 2.24) is 0 Å². The monoisotopic (exact) mass is 214 g/mol. The number of hydrogen-bond acceptors (Lipinski definition) is 4. The molecule has 0 aliphatic carbocycles. The van der Waals surface area contributed by atoms with Crippen LogP contribution in [0.4, 0.5) is 0 Å². The van der Waals surface area contributed by atoms with Crippen molar-refractivity contribution in [3.05, 3.63) is 0 Å². The molecule has 1 atom stereocenters. The van der Waals surface area contributed by atoms with Gasteiger partial charge in [-0.15, -0.1) is 0 Å². The first-order chi connectivity index (χ1) is 6.89. The second kappa shape index (κ2) is 6.67. The van der Waals surface area contributed by atoms with Gasteiger partial charge in [-0.2, -0.15) is 10.2 Å². The molecule has 0 aliphatic heterocycles. The molecule has 0 saturated carbocycles. The third kappa shape index (κ3) is 7.19. The smallest absolute Gasteiger partial charge is 0.175 e. The van der Waals surface area contributed by atoms with Crippen LogP contribution in [0.15, 0.2) is 10.2 Å². The van der Waals surface area contributed by atoms with Crippen LogP contribution >= 0.6 is 0 Å². The summed E-state index contributed by atoms with van der Waals surface area (Å²) in [4.78, 5) is 10.7. The molecule has 0 heterocycles. The summed E-state index contributed by atoms with van der Waals surface area (Å²) in [5.74, 6) is 0.147. The van der Waals surface area contributed by atoms with E-state index in [1.165, 1.54) is 0 Å². The third-order valence-corrected chi connectivity index (χ3v) is 2.15. The molecule has 15 heavy (non-hydrogen) atoms. The van der Waals surface area contributed by atoms with Crippen LogP contribution in [-0.4, -0.2) is 22.7 Å². The molecule has 0 aliphatic rings. The van der Waals surface area contributed by atoms with Crippen LogP contribution in [0.1, 0.15) is 53.4 Å². The van der Waals surface area contributed by atoms with E-state index in [1.807, 2.05) is 20.8 Å². The minimum atomic E-state index is -1.08. The minimum Gasteiger partial charge on any atom is -0.368 e. The maximum atomic E-state index is 10.7. The predicted molar refractivity (Wildman–Crippen MR) is 59.8 cm³/mol. The predicted octanol–water partition coefficient (Wildman–Crippen LogP) is 2.70. The van der Waals surface area contributed by atoms with Gasteiger partial charge in [0, 0.05) is 6.42 Å². The van der Waals surface area contributed by atoms with Crippen molar-refractivity contribution < 1.29 is 9.90 Å². The lowest BCUT2D eigenvalue weighted by Gasteiger charge is -2.20. The Morgan fingerprint density at radius 1 is 1.47 bits per heavy atom. The summed E-state index contributed by atoms with van der Waals surface area (Å²) in [5, 5.41) is 17.9. The molecule has 4 nitrogen and oxygen atoms in total. The van der Waals surface area contributed by atoms with Gasteiger partial charge in [-0.1, -0.05) is 6.92 Å². The molecular formula is C11H22N2O2. The van der Waals surface area contributed by atoms with Crippen LogP contribution in [0.5, 0.6) is 0 Å². The Kier molecular flexibility index (Phi) is 6.32. The van der Waals surface area contributed by atoms with Crippen LogP contribution in [0.3, 0.4) is 0 Å². The summed E-state index contributed by atoms with van der Waals surface area (Å²) in [6, 6.07) is 0.0934. The van der Waals surface area contributed by atoms with Gasteiger partial charge in [0.25, 0.3) is 0 Å². The summed E-state index contributed by atoms with van der Waals surface area (Å²) in [6.07, 6.45) is 2.19. The van der Waals surface area contributed by atoms with Crippen LogP contribution in [0.2, 0.25) is 0 Å². The van der Waals surface area contributed by atoms with Gasteiger partial charge in [-0.25, -0.2) is 0 Å². The molecule has 1 N–H and O–H groups in total. The first kappa shape index (κ1) is 14.2. The standard InChI is InChI=1S/C11H22N2O2/c1-5-11(15,13-12-9(2)3)8-6-7-10(4)14/h9,15H,5-8H2,1-4H3. The molecule has 0 spiro atoms. The first-order valence-corrected chi connectivity index (χ1v) is 5.53. The summed E-state index contributed by atoms with van der Waals surface area (Å²) < 4.78 is 0. The zero-order valence-electron chi connectivity index (χ0n) is 10.2. The molecule has 0 rings (SSSR count). The molecule has 1 unspecified atom stereocenters. The van der Waals surface area contributed by atoms with Gasteiger partial charge in [0.2, 0.25) is 0 Å². The topological polar surface area (TPSA) is 62.0 Å². The number of Topliss-reactive ketones (excluding diaryl/α,β-unsaturated/α-hetero) is 1. The molecular weight excluding hydrogens is 192 g/mol. The van der Waals surface area contributed by atoms with E-state index >= 15 is 0 Å². The number of carbonyl (C=O) groups is 1. The van der Waals surface area contributed by atoms with E-state index in [-0.39, 0.29) is 11.8 Å². The summed E-state index contributed by atoms with van der Waals surface area (Å²) in [5.41, 5.74) is -1.08. The maximum Gasteiger partial charge on any atom is 0.175 e. The Bertz CT molecular complexity index is 227. The SMILES string of the molecule is CCC(O)(CCCC(C)=O)N=NC(C)C. The summed E-state index contributed by atoms with van der Waals surface area (Å²) in [6.45, 7) is 7.25. The second-order valence-corrected chi connectivity index (χ2v) is 4.20. The molecule has 88 valence electrons. The first-order valence-electron chi connectivity index (χ1n) is 5.53. The highest BCUT2D eigenvalue weighted by Gasteiger charge is 2.23. The average molecular weight is 214 g/mol. The molecule has 4 heteroatoms. The highest BCUT2D eigenvalue weighted by molar-refractivity contribution is 5.75. The molecule has 0 aromatic heterocycles. The third-order valence-electron chi connectivity index (χ3n) is 2.15. The highest BCUT2D eigenvalue weighted by Crippen LogP contribution is 2.21. The number of azo groups is 1. The molecule has 0 radical (unpaired) electrons. The highest BCUT2D eigenvalue weighted by atomic mass is 16.3. The van der Waals surface area contributed by atoms with Crippen molar-refractivity contribution in [3.8, 4) is 0 Å². The normalized spacial score (nSPS) is 15.9. The van der Waals surface area contributed by atoms with Gasteiger partial charge in [0.1, 0.15) is 5.78 Å². The minimum absolute atomic E-state index is 0.0934. The van der Waals surface area contributed by atoms with E-state index in [0.717, 1.165) is 0 Å². The zero-order valence-corrected chi connectivity index (χ0v) is 10.2. The van der Waals surface area contributed by atoms with Crippen LogP contribution in [0, 0.1) is 0 Å². The Balaban J connectivity index is 4.12. The number of carbonyl (C=O) groups excluding carboxylic acids is 1. The number of aliphatic hydroxyl groups is 1. The van der Waals surface area contributed by atoms with Gasteiger partial charge >= 0.3 is 0 Å². The Labute approximate surface area is 91.8 Å². The Hall–Kier alpha value is -0.770. The van der Waals surface area contributed by atoms with Crippen LogP contribution < -0.4 is 0 Å². The number of hydrogen-bond donors (Lipinski definition) is 1. The van der Waals surface area contributed by atoms with E-state index in [9.17, 15) is 9.90 Å². The van der Waals surface area contributed by atoms with Crippen molar-refractivity contribution in [2.75, 3.05) is 0 Å². The zero-order chi connectivity index (χ0) is 11.9. The van der Waals surface area contributed by atoms with Crippen LogP contribution in [0.25, 0.3) is 0 Å². The molecule has 0 amide bonds. The van der Waals surface area contributed by atoms with Crippen molar-refractivity contribution in [3.63, 3.8) is 0 Å². The van der Waals surface area contributed by atoms with Gasteiger partial charge in [0.05, 0.1) is 6.04 Å². The number of rotatable bonds is 7. The van der Waals surface area contributed by atoms with Crippen molar-refractivity contribution in [2.45, 2.75) is 65.1 Å². The molecule has 0 aromatic rings. The Morgan fingerprint density at radius 2 is 2.07 bits per heavy atom. The van der Waals surface area contributed by atoms with Crippen molar-refractivity contribution >= 4 is 5.78 Å². The van der Waals surface area contributed by atoms with E-state index in [2.05, 4.69) is 10.2 Å². The molecule has 0 saturated heterocycles. The summed E-state index contributed by atoms with van der Waals surface area (Å²) >= 11 is 0. The van der Waals surface area contributed by atoms with E-state index < -0.39 is 5.72 Å². The number of nitrogens with zero attached hydrogens (tertiary/aromatic N) is 2. The Morgan fingerprint density at radius 3 is 2.47 bits per heavy atom. The fourth-order valence-electron chi connectivity index (χ4n) is 1.14. The second-order valence-electron chi connectivity index (χ2n) is 4.20. The van der Waals surface area contributed by atoms with Crippen molar-refractivity contribution in [2.24, 2.45) is 10.2 Å². The van der Waals surface area contributed by atoms with E-state index in [0.29, 0.717) is 25.7 Å². The summed E-state index contributed by atoms with van der Waals surface area (Å²) in [7, 11) is 0. The lowest BCUT2D eigenvalue weighted by atomic mass is 10.0. The molecule has 0 fully saturated rings. The van der Waals surface area contributed by atoms with E-state index in [1.54, 1.807) is 6.92 Å². The van der Waals surface area contributed by atoms with Gasteiger partial charge in [-0.05, 0) is 40.0 Å².